The molecule has 0 radical (unpaired) electrons. The van der Waals surface area contributed by atoms with E-state index in [0.717, 1.165) is 10.6 Å². The van der Waals surface area contributed by atoms with Gasteiger partial charge in [-0.1, -0.05) is 18.2 Å². The number of benzene rings is 1. The molecule has 0 bridgehead atoms. The minimum absolute atomic E-state index is 0.000139. The van der Waals surface area contributed by atoms with E-state index in [1.807, 2.05) is 71.9 Å². The Morgan fingerprint density at radius 1 is 0.586 bits per heavy atom. The van der Waals surface area contributed by atoms with Gasteiger partial charge in [0.2, 0.25) is 11.8 Å². The number of hydrogen-bond donors (Lipinski definition) is 2. The number of carbonyl (C=O) groups excluding carboxylic acids is 3. The molecule has 17 nitrogen and oxygen atoms in total. The molecule has 0 aromatic heterocycles. The van der Waals surface area contributed by atoms with Crippen LogP contribution < -0.4 is 15.4 Å². The minimum atomic E-state index is -3.39. The number of para-hydroxylation sites is 1. The number of imide groups is 1. The average molecular weight is 860 g/mol. The zero-order valence-corrected chi connectivity index (χ0v) is 37.5. The van der Waals surface area contributed by atoms with Crippen LogP contribution in [0.2, 0.25) is 11.1 Å². The van der Waals surface area contributed by atoms with Crippen molar-refractivity contribution in [3.63, 3.8) is 0 Å². The van der Waals surface area contributed by atoms with Crippen molar-refractivity contribution in [3.8, 4) is 5.75 Å². The minimum Gasteiger partial charge on any atom is -0.491 e. The Bertz CT molecular complexity index is 1220. The zero-order valence-electron chi connectivity index (χ0n) is 35.5. The molecule has 2 aliphatic heterocycles. The number of rotatable bonds is 32. The molecule has 2 unspecified atom stereocenters. The summed E-state index contributed by atoms with van der Waals surface area (Å²) in [6.45, 7) is 16.5. The maximum Gasteiger partial charge on any atom is 0.506 e. The van der Waals surface area contributed by atoms with Crippen molar-refractivity contribution < 1.29 is 64.6 Å². The first-order chi connectivity index (χ1) is 28.3. The Balaban J connectivity index is 1.59. The van der Waals surface area contributed by atoms with Gasteiger partial charge < -0.3 is 60.9 Å². The number of nitrogens with one attached hydrogen (secondary N) is 2. The van der Waals surface area contributed by atoms with Gasteiger partial charge in [0.25, 0.3) is 0 Å². The predicted molar refractivity (Wildman–Crippen MR) is 218 cm³/mol. The lowest BCUT2D eigenvalue weighted by Crippen LogP contribution is -2.61. The van der Waals surface area contributed by atoms with Crippen LogP contribution in [0.15, 0.2) is 30.3 Å². The Hall–Kier alpha value is -2.38. The summed E-state index contributed by atoms with van der Waals surface area (Å²) in [7, 11) is -6.78. The second kappa shape index (κ2) is 28.2. The molecule has 2 heterocycles. The fourth-order valence-electron chi connectivity index (χ4n) is 7.22. The van der Waals surface area contributed by atoms with Gasteiger partial charge in [0.1, 0.15) is 19.0 Å². The van der Waals surface area contributed by atoms with Gasteiger partial charge in [0, 0.05) is 46.2 Å². The predicted octanol–water partition coefficient (Wildman–Crippen LogP) is 2.96. The standard InChI is InChI=1S/C39H69N3O14Si2/c1-7-51-57(52-8-2,53-9-3)33-18-21-40-36(33)38(44)42(39(45)37-34(19-22-41-37)58(54-10-4,55-11-5)56-12-6)23-20-35(43)50-31-29-48-27-25-46-24-26-47-28-30-49-32-16-14-13-15-17-32/h13-17,33-34,36-37,40-41H,7-12,18-31H2,1-6H3/t33?,34?,36-,37-/m0/s1. The van der Waals surface area contributed by atoms with Crippen LogP contribution in [-0.4, -0.2) is 165 Å². The third-order valence-corrected chi connectivity index (χ3v) is 16.7. The highest BCUT2D eigenvalue weighted by Gasteiger charge is 2.59. The Kier molecular flexibility index (Phi) is 24.3. The quantitative estimate of drug-likeness (QED) is 0.0467. The molecule has 0 saturated carbocycles. The van der Waals surface area contributed by atoms with Gasteiger partial charge in [-0.15, -0.1) is 0 Å². The third-order valence-electron chi connectivity index (χ3n) is 9.50. The maximum atomic E-state index is 14.7. The molecule has 2 aliphatic rings. The van der Waals surface area contributed by atoms with Crippen molar-refractivity contribution in [2.75, 3.05) is 112 Å². The SMILES string of the molecule is CCO[Si](OCC)(OCC)C1CCN[C@@H]1C(=O)N(CCC(=O)OCCOCCOCCOCCOc1ccccc1)C(=O)[C@H]1NCCC1[Si](OCC)(OCC)OCC. The van der Waals surface area contributed by atoms with Crippen LogP contribution in [-0.2, 0) is 59.9 Å². The molecule has 2 amide bonds. The summed E-state index contributed by atoms with van der Waals surface area (Å²) in [5.41, 5.74) is -0.905. The smallest absolute Gasteiger partial charge is 0.491 e. The number of ether oxygens (including phenoxy) is 5. The lowest BCUT2D eigenvalue weighted by molar-refractivity contribution is -0.150. The summed E-state index contributed by atoms with van der Waals surface area (Å²) in [6.07, 6.45) is 0.882. The van der Waals surface area contributed by atoms with Gasteiger partial charge in [0.05, 0.1) is 69.2 Å². The fraction of sp³-hybridized carbons (Fsp3) is 0.769. The lowest BCUT2D eigenvalue weighted by atomic mass is 10.1. The molecule has 58 heavy (non-hydrogen) atoms. The van der Waals surface area contributed by atoms with E-state index in [2.05, 4.69) is 10.6 Å². The molecule has 1 aromatic rings. The summed E-state index contributed by atoms with van der Waals surface area (Å²) >= 11 is 0. The van der Waals surface area contributed by atoms with Crippen molar-refractivity contribution in [1.82, 2.24) is 15.5 Å². The highest BCUT2D eigenvalue weighted by molar-refractivity contribution is 6.63. The number of carbonyl (C=O) groups is 3. The molecule has 1 aromatic carbocycles. The molecule has 2 fully saturated rings. The third kappa shape index (κ3) is 15.3. The molecule has 4 atom stereocenters. The maximum absolute atomic E-state index is 14.7. The first-order valence-electron chi connectivity index (χ1n) is 21.0. The van der Waals surface area contributed by atoms with Crippen LogP contribution in [0.5, 0.6) is 5.75 Å². The monoisotopic (exact) mass is 859 g/mol. The summed E-state index contributed by atoms with van der Waals surface area (Å²) in [5, 5.41) is 6.59. The van der Waals surface area contributed by atoms with Crippen molar-refractivity contribution in [2.24, 2.45) is 0 Å². The highest BCUT2D eigenvalue weighted by Crippen LogP contribution is 2.39. The van der Waals surface area contributed by atoms with Gasteiger partial charge >= 0.3 is 23.6 Å². The molecule has 332 valence electrons. The van der Waals surface area contributed by atoms with Crippen LogP contribution in [0, 0.1) is 0 Å². The van der Waals surface area contributed by atoms with Crippen LogP contribution in [0.1, 0.15) is 60.8 Å². The largest absolute Gasteiger partial charge is 0.506 e. The lowest BCUT2D eigenvalue weighted by Gasteiger charge is -2.38. The summed E-state index contributed by atoms with van der Waals surface area (Å²) < 4.78 is 64.9. The first kappa shape index (κ1) is 50.0. The van der Waals surface area contributed by atoms with Gasteiger partial charge in [-0.25, -0.2) is 0 Å². The molecular weight excluding hydrogens is 791 g/mol. The first-order valence-corrected chi connectivity index (χ1v) is 24.6. The second-order valence-electron chi connectivity index (χ2n) is 13.3. The Morgan fingerprint density at radius 2 is 0.983 bits per heavy atom. The number of esters is 1. The van der Waals surface area contributed by atoms with Crippen molar-refractivity contribution >= 4 is 35.4 Å². The van der Waals surface area contributed by atoms with Crippen LogP contribution >= 0.6 is 0 Å². The van der Waals surface area contributed by atoms with Gasteiger partial charge in [-0.3, -0.25) is 19.3 Å². The van der Waals surface area contributed by atoms with E-state index in [9.17, 15) is 14.4 Å². The van der Waals surface area contributed by atoms with E-state index in [1.165, 1.54) is 0 Å². The van der Waals surface area contributed by atoms with Gasteiger partial charge in [0.15, 0.2) is 0 Å². The van der Waals surface area contributed by atoms with Crippen molar-refractivity contribution in [2.45, 2.75) is 84.0 Å². The van der Waals surface area contributed by atoms with E-state index >= 15 is 0 Å². The van der Waals surface area contributed by atoms with Crippen molar-refractivity contribution in [1.29, 1.82) is 0 Å². The van der Waals surface area contributed by atoms with Crippen molar-refractivity contribution in [3.05, 3.63) is 30.3 Å². The Labute approximate surface area is 347 Å². The molecule has 2 N–H and O–H groups in total. The van der Waals surface area contributed by atoms with E-state index in [1.54, 1.807) is 0 Å². The zero-order chi connectivity index (χ0) is 42.1. The average Bonchev–Trinajstić information content (AvgIpc) is 3.93. The van der Waals surface area contributed by atoms with E-state index < -0.39 is 58.6 Å². The highest BCUT2D eigenvalue weighted by atomic mass is 28.4. The summed E-state index contributed by atoms with van der Waals surface area (Å²) in [6, 6.07) is 7.85. The topological polar surface area (TPSA) is 180 Å². The molecule has 0 aliphatic carbocycles. The number of hydrogen-bond acceptors (Lipinski definition) is 16. The number of amides is 2. The molecular formula is C39H69N3O14Si2. The van der Waals surface area contributed by atoms with Crippen LogP contribution in [0.25, 0.3) is 0 Å². The van der Waals surface area contributed by atoms with E-state index in [0.29, 0.717) is 105 Å². The molecule has 19 heteroatoms. The summed E-state index contributed by atoms with van der Waals surface area (Å²) in [4.78, 5) is 43.6. The summed E-state index contributed by atoms with van der Waals surface area (Å²) in [5.74, 6) is -0.759. The number of nitrogens with zero attached hydrogens (tertiary/aromatic N) is 1. The van der Waals surface area contributed by atoms with Gasteiger partial charge in [-0.05, 0) is 79.6 Å². The fourth-order valence-corrected chi connectivity index (χ4v) is 13.7. The van der Waals surface area contributed by atoms with E-state index in [-0.39, 0.29) is 26.2 Å². The van der Waals surface area contributed by atoms with Gasteiger partial charge in [-0.2, -0.15) is 0 Å². The van der Waals surface area contributed by atoms with Crippen LogP contribution in [0.3, 0.4) is 0 Å². The molecule has 2 saturated heterocycles. The molecule has 3 rings (SSSR count). The Morgan fingerprint density at radius 3 is 1.40 bits per heavy atom. The van der Waals surface area contributed by atoms with Crippen LogP contribution in [0.4, 0.5) is 0 Å². The second-order valence-corrected chi connectivity index (χ2v) is 18.9. The molecule has 0 spiro atoms. The normalized spacial score (nSPS) is 19.7. The van der Waals surface area contributed by atoms with E-state index in [4.69, 9.17) is 50.2 Å².